The van der Waals surface area contributed by atoms with E-state index in [2.05, 4.69) is 0 Å². The monoisotopic (exact) mass is 617 g/mol. The molecule has 0 fully saturated rings. The van der Waals surface area contributed by atoms with E-state index in [0.717, 1.165) is 11.6 Å². The first-order valence-electron chi connectivity index (χ1n) is 13.8. The number of fused-ring (bicyclic) bond motifs is 3. The molecule has 4 rings (SSSR count). The summed E-state index contributed by atoms with van der Waals surface area (Å²) in [5, 5.41) is 31.2. The van der Waals surface area contributed by atoms with Crippen molar-refractivity contribution < 1.29 is 43.3 Å². The number of carboxylic acids is 2. The number of carbonyl (C=O) groups is 4. The number of rotatable bonds is 10. The zero-order valence-electron chi connectivity index (χ0n) is 24.4. The van der Waals surface area contributed by atoms with Crippen LogP contribution >= 0.6 is 11.6 Å². The van der Waals surface area contributed by atoms with Crippen molar-refractivity contribution in [3.63, 3.8) is 0 Å². The highest BCUT2D eigenvalue weighted by molar-refractivity contribution is 6.35. The Morgan fingerprint density at radius 3 is 2.02 bits per heavy atom. The third-order valence-electron chi connectivity index (χ3n) is 7.12. The number of carbonyl (C=O) groups excluding carboxylic acids is 2. The molecule has 4 aromatic rings. The lowest BCUT2D eigenvalue weighted by Crippen LogP contribution is -2.18. The van der Waals surface area contributed by atoms with Crippen LogP contribution in [-0.4, -0.2) is 47.3 Å². The van der Waals surface area contributed by atoms with Crippen molar-refractivity contribution in [3.05, 3.63) is 74.8 Å². The predicted octanol–water partition coefficient (Wildman–Crippen LogP) is 6.81. The molecular formula is C33H28ClNO9. The number of aromatic carboxylic acids is 2. The fraction of sp³-hybridized carbons (Fsp3) is 0.242. The molecule has 10 nitrogen and oxygen atoms in total. The number of hydrogen-bond acceptors (Lipinski definition) is 8. The zero-order chi connectivity index (χ0) is 32.3. The topological polar surface area (TPSA) is 164 Å². The molecule has 0 aliphatic rings. The maximum absolute atomic E-state index is 13.4. The van der Waals surface area contributed by atoms with Gasteiger partial charge < -0.3 is 24.1 Å². The van der Waals surface area contributed by atoms with Gasteiger partial charge in [0.05, 0.1) is 41.5 Å². The van der Waals surface area contributed by atoms with E-state index in [0.29, 0.717) is 34.4 Å². The molecule has 0 saturated heterocycles. The molecule has 0 saturated carbocycles. The van der Waals surface area contributed by atoms with E-state index in [1.54, 1.807) is 13.0 Å². The first-order chi connectivity index (χ1) is 21.0. The molecule has 0 atom stereocenters. The lowest BCUT2D eigenvalue weighted by Gasteiger charge is -2.18. The average molecular weight is 618 g/mol. The number of nitrogens with zero attached hydrogens (tertiary/aromatic N) is 1. The van der Waals surface area contributed by atoms with E-state index in [1.807, 2.05) is 19.9 Å². The second-order valence-corrected chi connectivity index (χ2v) is 9.94. The number of furan rings is 1. The van der Waals surface area contributed by atoms with E-state index in [1.165, 1.54) is 31.2 Å². The van der Waals surface area contributed by atoms with Gasteiger partial charge in [-0.2, -0.15) is 5.26 Å². The Balaban J connectivity index is 2.42. The van der Waals surface area contributed by atoms with Crippen LogP contribution in [0.2, 0.25) is 5.02 Å². The van der Waals surface area contributed by atoms with E-state index >= 15 is 0 Å². The van der Waals surface area contributed by atoms with Crippen molar-refractivity contribution in [1.82, 2.24) is 0 Å². The van der Waals surface area contributed by atoms with Gasteiger partial charge in [0.2, 0.25) is 0 Å². The Morgan fingerprint density at radius 1 is 0.886 bits per heavy atom. The number of carboxylic acid groups (broad SMARTS) is 2. The smallest absolute Gasteiger partial charge is 0.339 e. The molecule has 2 N–H and O–H groups in total. The van der Waals surface area contributed by atoms with Crippen LogP contribution in [0.3, 0.4) is 0 Å². The van der Waals surface area contributed by atoms with Gasteiger partial charge in [0.25, 0.3) is 0 Å². The van der Waals surface area contributed by atoms with Crippen molar-refractivity contribution in [2.24, 2.45) is 0 Å². The summed E-state index contributed by atoms with van der Waals surface area (Å²) in [6.07, 6.45) is 1.79. The standard InChI is InChI=1S/C33H28ClNO9/c1-5-18-19(6-2)29-20(13-22(18)34)26-25(21(33(41)43-8-4)14-23(36)42-7-3)28(32(39)40)27(31(37)38)24(30(26)44-29)17-11-9-16(15-35)10-12-17/h9-14H,5-8H2,1-4H3,(H,37,38)(H,39,40)/b21-14-. The van der Waals surface area contributed by atoms with Gasteiger partial charge in [-0.25, -0.2) is 19.2 Å². The van der Waals surface area contributed by atoms with Gasteiger partial charge in [0, 0.05) is 33.0 Å². The summed E-state index contributed by atoms with van der Waals surface area (Å²) in [5.41, 5.74) is -0.193. The van der Waals surface area contributed by atoms with Crippen LogP contribution < -0.4 is 0 Å². The molecule has 0 radical (unpaired) electrons. The number of hydrogen-bond donors (Lipinski definition) is 2. The van der Waals surface area contributed by atoms with E-state index in [9.17, 15) is 34.7 Å². The van der Waals surface area contributed by atoms with E-state index in [4.69, 9.17) is 25.5 Å². The molecule has 0 aliphatic heterocycles. The molecule has 0 amide bonds. The number of esters is 2. The minimum absolute atomic E-state index is 0.0459. The first kappa shape index (κ1) is 31.8. The van der Waals surface area contributed by atoms with Crippen LogP contribution in [0, 0.1) is 11.3 Å². The molecular weight excluding hydrogens is 590 g/mol. The molecule has 0 unspecified atom stereocenters. The Labute approximate surface area is 257 Å². The third kappa shape index (κ3) is 5.50. The normalized spacial score (nSPS) is 11.4. The maximum Gasteiger partial charge on any atom is 0.339 e. The lowest BCUT2D eigenvalue weighted by atomic mass is 9.84. The minimum Gasteiger partial charge on any atom is -0.478 e. The van der Waals surface area contributed by atoms with Crippen LogP contribution in [-0.2, 0) is 31.9 Å². The average Bonchev–Trinajstić information content (AvgIpc) is 3.36. The summed E-state index contributed by atoms with van der Waals surface area (Å²) in [5.74, 6) is -5.36. The first-order valence-corrected chi connectivity index (χ1v) is 14.2. The molecule has 1 aromatic heterocycles. The van der Waals surface area contributed by atoms with Crippen molar-refractivity contribution in [3.8, 4) is 17.2 Å². The van der Waals surface area contributed by atoms with Gasteiger partial charge in [-0.05, 0) is 61.6 Å². The highest BCUT2D eigenvalue weighted by Gasteiger charge is 2.36. The summed E-state index contributed by atoms with van der Waals surface area (Å²) >= 11 is 6.73. The fourth-order valence-corrected chi connectivity index (χ4v) is 5.75. The molecule has 0 aliphatic carbocycles. The molecule has 3 aromatic carbocycles. The van der Waals surface area contributed by atoms with Crippen LogP contribution in [0.5, 0.6) is 0 Å². The van der Waals surface area contributed by atoms with Gasteiger partial charge >= 0.3 is 23.9 Å². The number of aryl methyl sites for hydroxylation is 1. The number of ether oxygens (including phenoxy) is 2. The van der Waals surface area contributed by atoms with Crippen molar-refractivity contribution in [2.75, 3.05) is 13.2 Å². The molecule has 44 heavy (non-hydrogen) atoms. The highest BCUT2D eigenvalue weighted by atomic mass is 35.5. The Kier molecular flexibility index (Phi) is 9.40. The minimum atomic E-state index is -1.69. The third-order valence-corrected chi connectivity index (χ3v) is 7.46. The second-order valence-electron chi connectivity index (χ2n) is 9.54. The van der Waals surface area contributed by atoms with E-state index in [-0.39, 0.29) is 40.9 Å². The van der Waals surface area contributed by atoms with Gasteiger partial charge in [0.1, 0.15) is 11.2 Å². The summed E-state index contributed by atoms with van der Waals surface area (Å²) in [7, 11) is 0. The fourth-order valence-electron chi connectivity index (χ4n) is 5.40. The van der Waals surface area contributed by atoms with Crippen molar-refractivity contribution in [2.45, 2.75) is 40.5 Å². The summed E-state index contributed by atoms with van der Waals surface area (Å²) in [4.78, 5) is 52.2. The lowest BCUT2D eigenvalue weighted by molar-refractivity contribution is -0.139. The van der Waals surface area contributed by atoms with Gasteiger partial charge in [-0.1, -0.05) is 37.6 Å². The van der Waals surface area contributed by atoms with Crippen LogP contribution in [0.1, 0.15) is 70.7 Å². The summed E-state index contributed by atoms with van der Waals surface area (Å²) < 4.78 is 16.7. The van der Waals surface area contributed by atoms with Gasteiger partial charge in [-0.15, -0.1) is 0 Å². The Morgan fingerprint density at radius 2 is 1.50 bits per heavy atom. The van der Waals surface area contributed by atoms with Crippen LogP contribution in [0.4, 0.5) is 0 Å². The number of halogens is 1. The summed E-state index contributed by atoms with van der Waals surface area (Å²) in [6.45, 7) is 6.70. The van der Waals surface area contributed by atoms with Crippen LogP contribution in [0.25, 0.3) is 38.6 Å². The molecule has 0 bridgehead atoms. The quantitative estimate of drug-likeness (QED) is 0.143. The molecule has 0 spiro atoms. The Hall–Kier alpha value is -5.14. The number of benzene rings is 3. The zero-order valence-corrected chi connectivity index (χ0v) is 25.1. The molecule has 226 valence electrons. The van der Waals surface area contributed by atoms with Crippen LogP contribution in [0.15, 0.2) is 40.8 Å². The largest absolute Gasteiger partial charge is 0.478 e. The SMILES string of the molecule is CCOC(=O)/C=C(\C(=O)OCC)c1c(C(=O)O)c(C(=O)O)c(-c2ccc(C#N)cc2)c2oc3c(CC)c(CC)c(Cl)cc3c12. The highest BCUT2D eigenvalue weighted by Crippen LogP contribution is 2.47. The second kappa shape index (κ2) is 13.0. The molecule has 1 heterocycles. The molecule has 11 heteroatoms. The van der Waals surface area contributed by atoms with Gasteiger partial charge in [0.15, 0.2) is 0 Å². The maximum atomic E-state index is 13.4. The van der Waals surface area contributed by atoms with Crippen molar-refractivity contribution >= 4 is 63.0 Å². The number of nitriles is 1. The van der Waals surface area contributed by atoms with Crippen molar-refractivity contribution in [1.29, 1.82) is 5.26 Å². The summed E-state index contributed by atoms with van der Waals surface area (Å²) in [6, 6.07) is 9.43. The Bertz CT molecular complexity index is 1910. The predicted molar refractivity (Wildman–Crippen MR) is 163 cm³/mol. The van der Waals surface area contributed by atoms with E-state index < -0.39 is 46.1 Å². The van der Waals surface area contributed by atoms with Gasteiger partial charge in [-0.3, -0.25) is 0 Å².